The van der Waals surface area contributed by atoms with Gasteiger partial charge in [0.05, 0.1) is 12.0 Å². The Morgan fingerprint density at radius 2 is 2.03 bits per heavy atom. The molecule has 5 atom stereocenters. The van der Waals surface area contributed by atoms with Crippen LogP contribution in [-0.4, -0.2) is 48.9 Å². The van der Waals surface area contributed by atoms with Crippen molar-refractivity contribution in [1.29, 1.82) is 0 Å². The minimum Gasteiger partial charge on any atom is -0.462 e. The molecule has 1 saturated carbocycles. The number of hydrogen-bond donors (Lipinski definition) is 0. The Bertz CT molecular complexity index is 887. The molecule has 1 aliphatic carbocycles. The maximum Gasteiger partial charge on any atom is 0.338 e. The van der Waals surface area contributed by atoms with Gasteiger partial charge < -0.3 is 18.9 Å². The molecule has 184 valence electrons. The summed E-state index contributed by atoms with van der Waals surface area (Å²) in [6, 6.07) is 8.80. The van der Waals surface area contributed by atoms with E-state index in [1.54, 1.807) is 24.3 Å². The molecule has 0 aromatic heterocycles. The van der Waals surface area contributed by atoms with Crippen molar-refractivity contribution >= 4 is 17.7 Å². The van der Waals surface area contributed by atoms with Crippen LogP contribution < -0.4 is 0 Å². The zero-order valence-corrected chi connectivity index (χ0v) is 19.8. The largest absolute Gasteiger partial charge is 0.462 e. The Morgan fingerprint density at radius 1 is 1.21 bits per heavy atom. The SMILES string of the molecule is CCCCC(OC1CCCCO1)C(=O)CC=C1[C@H]2CC(=O)O[C@H]2C[C@H]1OC(=O)c1ccccc1. The van der Waals surface area contributed by atoms with Crippen molar-refractivity contribution in [2.24, 2.45) is 5.92 Å². The molecule has 2 saturated heterocycles. The summed E-state index contributed by atoms with van der Waals surface area (Å²) < 4.78 is 23.0. The monoisotopic (exact) mass is 470 g/mol. The number of Topliss-reactive ketones (excluding diaryl/α,β-unsaturated/α-hetero) is 1. The van der Waals surface area contributed by atoms with Crippen molar-refractivity contribution in [2.45, 2.75) is 89.3 Å². The van der Waals surface area contributed by atoms with Gasteiger partial charge >= 0.3 is 11.9 Å². The van der Waals surface area contributed by atoms with Gasteiger partial charge in [0.15, 0.2) is 12.1 Å². The van der Waals surface area contributed by atoms with Crippen molar-refractivity contribution in [3.63, 3.8) is 0 Å². The third kappa shape index (κ3) is 6.13. The summed E-state index contributed by atoms with van der Waals surface area (Å²) in [6.07, 6.45) is 6.35. The van der Waals surface area contributed by atoms with E-state index in [0.717, 1.165) is 37.7 Å². The van der Waals surface area contributed by atoms with E-state index < -0.39 is 18.2 Å². The van der Waals surface area contributed by atoms with E-state index in [9.17, 15) is 14.4 Å². The fraction of sp³-hybridized carbons (Fsp3) is 0.593. The lowest BCUT2D eigenvalue weighted by molar-refractivity contribution is -0.192. The van der Waals surface area contributed by atoms with Gasteiger partial charge in [0.25, 0.3) is 0 Å². The quantitative estimate of drug-likeness (QED) is 0.367. The van der Waals surface area contributed by atoms with Gasteiger partial charge in [0, 0.05) is 25.4 Å². The third-order valence-electron chi connectivity index (χ3n) is 6.80. The molecule has 1 aromatic rings. The third-order valence-corrected chi connectivity index (χ3v) is 6.80. The van der Waals surface area contributed by atoms with Crippen LogP contribution in [0.3, 0.4) is 0 Å². The van der Waals surface area contributed by atoms with Crippen molar-refractivity contribution in [3.8, 4) is 0 Å². The summed E-state index contributed by atoms with van der Waals surface area (Å²) in [7, 11) is 0. The summed E-state index contributed by atoms with van der Waals surface area (Å²) in [5.41, 5.74) is 1.27. The molecule has 1 aromatic carbocycles. The standard InChI is InChI=1S/C27H34O7/c1-2-3-11-22(33-26-12-7-8-15-31-26)21(28)14-13-19-20-16-25(29)32-24(20)17-23(19)34-27(30)18-9-5-4-6-10-18/h4-6,9-10,13,20,22-24,26H,2-3,7-8,11-12,14-17H2,1H3/t20-,22?,23-,24+,26?/m1/s1. The van der Waals surface area contributed by atoms with Crippen molar-refractivity contribution < 1.29 is 33.3 Å². The smallest absolute Gasteiger partial charge is 0.338 e. The number of hydrogen-bond acceptors (Lipinski definition) is 7. The maximum absolute atomic E-state index is 13.2. The minimum absolute atomic E-state index is 0.0167. The molecule has 0 N–H and O–H groups in total. The van der Waals surface area contributed by atoms with E-state index in [0.29, 0.717) is 25.0 Å². The van der Waals surface area contributed by atoms with E-state index in [2.05, 4.69) is 6.92 Å². The Labute approximate surface area is 200 Å². The van der Waals surface area contributed by atoms with Gasteiger partial charge in [-0.25, -0.2) is 4.79 Å². The van der Waals surface area contributed by atoms with Gasteiger partial charge in [-0.05, 0) is 43.4 Å². The number of ether oxygens (including phenoxy) is 4. The first kappa shape index (κ1) is 24.6. The maximum atomic E-state index is 13.2. The molecule has 34 heavy (non-hydrogen) atoms. The van der Waals surface area contributed by atoms with Crippen LogP contribution in [0.15, 0.2) is 42.0 Å². The highest BCUT2D eigenvalue weighted by Gasteiger charge is 2.48. The molecule has 4 rings (SSSR count). The molecule has 7 heteroatoms. The van der Waals surface area contributed by atoms with Gasteiger partial charge in [-0.2, -0.15) is 0 Å². The molecule has 7 nitrogen and oxygen atoms in total. The number of carbonyl (C=O) groups is 3. The second-order valence-corrected chi connectivity index (χ2v) is 9.27. The van der Waals surface area contributed by atoms with Crippen LogP contribution in [0.5, 0.6) is 0 Å². The number of rotatable bonds is 10. The van der Waals surface area contributed by atoms with Crippen molar-refractivity contribution in [1.82, 2.24) is 0 Å². The molecule has 0 spiro atoms. The van der Waals surface area contributed by atoms with Gasteiger partial charge in [-0.15, -0.1) is 0 Å². The Morgan fingerprint density at radius 3 is 2.76 bits per heavy atom. The van der Waals surface area contributed by atoms with Crippen LogP contribution in [-0.2, 0) is 28.5 Å². The summed E-state index contributed by atoms with van der Waals surface area (Å²) in [4.78, 5) is 37.7. The van der Waals surface area contributed by atoms with Crippen LogP contribution in [0.2, 0.25) is 0 Å². The summed E-state index contributed by atoms with van der Waals surface area (Å²) in [5, 5.41) is 0. The molecule has 2 unspecified atom stereocenters. The zero-order valence-electron chi connectivity index (χ0n) is 19.8. The first-order valence-corrected chi connectivity index (χ1v) is 12.5. The molecule has 0 bridgehead atoms. The highest BCUT2D eigenvalue weighted by molar-refractivity contribution is 5.89. The van der Waals surface area contributed by atoms with Crippen LogP contribution in [0.1, 0.15) is 75.1 Å². The number of unbranched alkanes of at least 4 members (excludes halogenated alkanes) is 1. The number of allylic oxidation sites excluding steroid dienone is 1. The Balaban J connectivity index is 1.45. The molecule has 2 aliphatic heterocycles. The minimum atomic E-state index is -0.524. The van der Waals surface area contributed by atoms with Gasteiger partial charge in [0.1, 0.15) is 18.3 Å². The van der Waals surface area contributed by atoms with Gasteiger partial charge in [-0.3, -0.25) is 9.59 Å². The lowest BCUT2D eigenvalue weighted by Gasteiger charge is -2.27. The predicted molar refractivity (Wildman–Crippen MR) is 124 cm³/mol. The average Bonchev–Trinajstić information content (AvgIpc) is 3.36. The van der Waals surface area contributed by atoms with E-state index >= 15 is 0 Å². The average molecular weight is 471 g/mol. The topological polar surface area (TPSA) is 88.1 Å². The van der Waals surface area contributed by atoms with E-state index in [4.69, 9.17) is 18.9 Å². The second-order valence-electron chi connectivity index (χ2n) is 9.27. The number of benzene rings is 1. The van der Waals surface area contributed by atoms with Crippen LogP contribution in [0.4, 0.5) is 0 Å². The van der Waals surface area contributed by atoms with Crippen molar-refractivity contribution in [3.05, 3.63) is 47.5 Å². The van der Waals surface area contributed by atoms with Crippen LogP contribution in [0, 0.1) is 5.92 Å². The predicted octanol–water partition coefficient (Wildman–Crippen LogP) is 4.54. The lowest BCUT2D eigenvalue weighted by Crippen LogP contribution is -2.33. The summed E-state index contributed by atoms with van der Waals surface area (Å²) in [5.74, 6) is -0.853. The Hall–Kier alpha value is -2.51. The molecule has 3 fully saturated rings. The number of ketones is 1. The van der Waals surface area contributed by atoms with E-state index in [1.165, 1.54) is 0 Å². The first-order chi connectivity index (χ1) is 16.5. The highest BCUT2D eigenvalue weighted by Crippen LogP contribution is 2.43. The fourth-order valence-electron chi connectivity index (χ4n) is 4.96. The number of esters is 2. The van der Waals surface area contributed by atoms with Crippen LogP contribution in [0.25, 0.3) is 0 Å². The van der Waals surface area contributed by atoms with Crippen molar-refractivity contribution in [2.75, 3.05) is 6.61 Å². The summed E-state index contributed by atoms with van der Waals surface area (Å²) >= 11 is 0. The molecule has 2 heterocycles. The summed E-state index contributed by atoms with van der Waals surface area (Å²) in [6.45, 7) is 2.75. The van der Waals surface area contributed by atoms with E-state index in [-0.39, 0.29) is 42.9 Å². The number of fused-ring (bicyclic) bond motifs is 1. The molecule has 3 aliphatic rings. The molecule has 0 radical (unpaired) electrons. The first-order valence-electron chi connectivity index (χ1n) is 12.5. The normalized spacial score (nSPS) is 28.4. The fourth-order valence-corrected chi connectivity index (χ4v) is 4.96. The zero-order chi connectivity index (χ0) is 23.9. The molecule has 0 amide bonds. The molecular formula is C27H34O7. The lowest BCUT2D eigenvalue weighted by atomic mass is 9.96. The highest BCUT2D eigenvalue weighted by atomic mass is 16.7. The molecular weight excluding hydrogens is 436 g/mol. The van der Waals surface area contributed by atoms with Gasteiger partial charge in [-0.1, -0.05) is 44.0 Å². The second kappa shape index (κ2) is 11.8. The van der Waals surface area contributed by atoms with Crippen LogP contribution >= 0.6 is 0 Å². The number of carbonyl (C=O) groups excluding carboxylic acids is 3. The van der Waals surface area contributed by atoms with Gasteiger partial charge in [0.2, 0.25) is 0 Å². The Kier molecular flexibility index (Phi) is 8.51. The van der Waals surface area contributed by atoms with E-state index in [1.807, 2.05) is 12.1 Å².